The van der Waals surface area contributed by atoms with Gasteiger partial charge in [0.2, 0.25) is 0 Å². The average molecular weight is 271 g/mol. The first-order valence-corrected chi connectivity index (χ1v) is 6.46. The molecule has 2 rings (SSSR count). The maximum atomic E-state index is 10.1. The lowest BCUT2D eigenvalue weighted by Gasteiger charge is -2.21. The molecule has 6 heteroatoms. The molecule has 0 spiro atoms. The molecule has 1 atom stereocenters. The zero-order chi connectivity index (χ0) is 12.6. The van der Waals surface area contributed by atoms with E-state index in [9.17, 15) is 5.21 Å². The highest BCUT2D eigenvalue weighted by molar-refractivity contribution is 8.24. The average Bonchev–Trinajstić information content (AvgIpc) is 2.74. The van der Waals surface area contributed by atoms with Crippen LogP contribution in [0.25, 0.3) is 0 Å². The summed E-state index contributed by atoms with van der Waals surface area (Å²) in [5.74, 6) is 0.611. The molecule has 0 radical (unpaired) electrons. The van der Waals surface area contributed by atoms with Gasteiger partial charge in [0.15, 0.2) is 5.76 Å². The van der Waals surface area contributed by atoms with E-state index in [1.54, 1.807) is 36.4 Å². The zero-order valence-corrected chi connectivity index (χ0v) is 11.6. The van der Waals surface area contributed by atoms with Crippen LogP contribution in [0.5, 0.6) is 0 Å². The van der Waals surface area contributed by atoms with Gasteiger partial charge in [-0.2, -0.15) is 0 Å². The summed E-state index contributed by atoms with van der Waals surface area (Å²) >= 11 is 6.83. The van der Waals surface area contributed by atoms with Crippen molar-refractivity contribution >= 4 is 34.5 Å². The maximum Gasteiger partial charge on any atom is 0.292 e. The molecule has 0 bridgehead atoms. The van der Waals surface area contributed by atoms with E-state index in [-0.39, 0.29) is 10.9 Å². The summed E-state index contributed by atoms with van der Waals surface area (Å²) < 4.78 is 6.94. The van der Waals surface area contributed by atoms with Gasteiger partial charge in [-0.1, -0.05) is 24.0 Å². The third kappa shape index (κ3) is 2.32. The fourth-order valence-corrected chi connectivity index (χ4v) is 3.79. The molecule has 1 aromatic heterocycles. The SMILES string of the molecule is CN1C(=S)SC(C)(C)C1[N+](O)=Cc1ccco1. The normalized spacial score (nSPS) is 24.4. The second-order valence-electron chi connectivity index (χ2n) is 4.48. The van der Waals surface area contributed by atoms with Gasteiger partial charge in [-0.05, 0) is 30.7 Å². The minimum atomic E-state index is -0.204. The van der Waals surface area contributed by atoms with Gasteiger partial charge in [0, 0.05) is 7.05 Å². The fraction of sp³-hybridized carbons (Fsp3) is 0.455. The lowest BCUT2D eigenvalue weighted by molar-refractivity contribution is -0.808. The summed E-state index contributed by atoms with van der Waals surface area (Å²) in [6, 6.07) is 3.57. The zero-order valence-electron chi connectivity index (χ0n) is 9.95. The Kier molecular flexibility index (Phi) is 3.18. The molecular formula is C11H15N2O2S2+. The molecular weight excluding hydrogens is 256 g/mol. The topological polar surface area (TPSA) is 39.6 Å². The van der Waals surface area contributed by atoms with Crippen molar-refractivity contribution in [3.8, 4) is 0 Å². The van der Waals surface area contributed by atoms with E-state index < -0.39 is 0 Å². The van der Waals surface area contributed by atoms with Gasteiger partial charge in [0.25, 0.3) is 12.4 Å². The van der Waals surface area contributed by atoms with Crippen LogP contribution in [0.2, 0.25) is 0 Å². The summed E-state index contributed by atoms with van der Waals surface area (Å²) in [7, 11) is 1.88. The number of nitrogens with zero attached hydrogens (tertiary/aromatic N) is 2. The Morgan fingerprint density at radius 3 is 2.82 bits per heavy atom. The van der Waals surface area contributed by atoms with Gasteiger partial charge >= 0.3 is 0 Å². The van der Waals surface area contributed by atoms with Crippen LogP contribution in [0.4, 0.5) is 0 Å². The second kappa shape index (κ2) is 4.34. The minimum Gasteiger partial charge on any atom is -0.459 e. The van der Waals surface area contributed by atoms with Gasteiger partial charge in [0.1, 0.15) is 9.07 Å². The van der Waals surface area contributed by atoms with Crippen LogP contribution < -0.4 is 0 Å². The highest BCUT2D eigenvalue weighted by Gasteiger charge is 2.51. The summed E-state index contributed by atoms with van der Waals surface area (Å²) in [6.07, 6.45) is 2.94. The summed E-state index contributed by atoms with van der Waals surface area (Å²) in [5.41, 5.74) is 0. The van der Waals surface area contributed by atoms with Crippen molar-refractivity contribution in [2.24, 2.45) is 0 Å². The largest absolute Gasteiger partial charge is 0.459 e. The molecule has 0 aromatic carbocycles. The molecule has 1 N–H and O–H groups in total. The number of hydrogen-bond donors (Lipinski definition) is 1. The Bertz CT molecular complexity index is 454. The predicted molar refractivity (Wildman–Crippen MR) is 71.7 cm³/mol. The molecule has 1 aliphatic heterocycles. The number of thiocarbonyl (C=S) groups is 1. The van der Waals surface area contributed by atoms with E-state index in [4.69, 9.17) is 16.6 Å². The summed E-state index contributed by atoms with van der Waals surface area (Å²) in [5, 5.41) is 10.1. The fourth-order valence-electron chi connectivity index (χ4n) is 1.98. The van der Waals surface area contributed by atoms with Crippen molar-refractivity contribution in [2.45, 2.75) is 24.8 Å². The van der Waals surface area contributed by atoms with E-state index in [1.165, 1.54) is 0 Å². The molecule has 1 unspecified atom stereocenters. The van der Waals surface area contributed by atoms with Crippen molar-refractivity contribution in [1.82, 2.24) is 4.90 Å². The van der Waals surface area contributed by atoms with Crippen LogP contribution in [0.3, 0.4) is 0 Å². The number of furan rings is 1. The highest BCUT2D eigenvalue weighted by Crippen LogP contribution is 2.40. The number of hydrogen-bond acceptors (Lipinski definition) is 4. The lowest BCUT2D eigenvalue weighted by atomic mass is 10.1. The van der Waals surface area contributed by atoms with Crippen molar-refractivity contribution < 1.29 is 14.4 Å². The smallest absolute Gasteiger partial charge is 0.292 e. The Morgan fingerprint density at radius 1 is 1.65 bits per heavy atom. The van der Waals surface area contributed by atoms with Crippen molar-refractivity contribution in [1.29, 1.82) is 0 Å². The van der Waals surface area contributed by atoms with E-state index in [0.717, 1.165) is 9.06 Å². The first-order chi connectivity index (χ1) is 7.92. The first kappa shape index (κ1) is 12.4. The van der Waals surface area contributed by atoms with Crippen LogP contribution in [0, 0.1) is 0 Å². The van der Waals surface area contributed by atoms with Gasteiger partial charge in [-0.15, -0.1) is 0 Å². The van der Waals surface area contributed by atoms with Crippen molar-refractivity contribution in [2.75, 3.05) is 7.05 Å². The maximum absolute atomic E-state index is 10.1. The Balaban J connectivity index is 2.30. The molecule has 2 heterocycles. The molecule has 0 saturated carbocycles. The third-order valence-electron chi connectivity index (χ3n) is 2.68. The molecule has 4 nitrogen and oxygen atoms in total. The van der Waals surface area contributed by atoms with Crippen LogP contribution in [-0.2, 0) is 0 Å². The number of hydroxylamine groups is 1. The molecule has 0 aliphatic carbocycles. The summed E-state index contributed by atoms with van der Waals surface area (Å²) in [6.45, 7) is 4.11. The minimum absolute atomic E-state index is 0.177. The lowest BCUT2D eigenvalue weighted by Crippen LogP contribution is -2.46. The van der Waals surface area contributed by atoms with Crippen molar-refractivity contribution in [3.05, 3.63) is 24.2 Å². The second-order valence-corrected chi connectivity index (χ2v) is 6.77. The Morgan fingerprint density at radius 2 is 2.35 bits per heavy atom. The van der Waals surface area contributed by atoms with Gasteiger partial charge in [-0.3, -0.25) is 10.1 Å². The third-order valence-corrected chi connectivity index (χ3v) is 4.42. The van der Waals surface area contributed by atoms with E-state index >= 15 is 0 Å². The standard InChI is InChI=1S/C11H15N2O2S2/c1-11(2)9(12(3)10(16)17-11)13(14)7-8-5-4-6-15-8/h4-7,9,14H,1-3H3/q+1. The van der Waals surface area contributed by atoms with Crippen LogP contribution in [-0.4, -0.2) is 43.3 Å². The quantitative estimate of drug-likeness (QED) is 0.293. The van der Waals surface area contributed by atoms with E-state index in [2.05, 4.69) is 13.8 Å². The molecule has 1 fully saturated rings. The molecule has 1 aliphatic rings. The van der Waals surface area contributed by atoms with E-state index in [1.807, 2.05) is 11.9 Å². The number of thioether (sulfide) groups is 1. The summed E-state index contributed by atoms with van der Waals surface area (Å²) in [4.78, 5) is 1.89. The monoisotopic (exact) mass is 271 g/mol. The van der Waals surface area contributed by atoms with Crippen molar-refractivity contribution in [3.63, 3.8) is 0 Å². The molecule has 1 saturated heterocycles. The van der Waals surface area contributed by atoms with E-state index in [0.29, 0.717) is 5.76 Å². The molecule has 1 aromatic rings. The van der Waals surface area contributed by atoms with Crippen LogP contribution >= 0.6 is 24.0 Å². The Hall–Kier alpha value is -1.01. The highest BCUT2D eigenvalue weighted by atomic mass is 32.2. The van der Waals surface area contributed by atoms with Crippen LogP contribution in [0.15, 0.2) is 22.8 Å². The molecule has 92 valence electrons. The van der Waals surface area contributed by atoms with Gasteiger partial charge < -0.3 is 4.42 Å². The molecule has 17 heavy (non-hydrogen) atoms. The first-order valence-electron chi connectivity index (χ1n) is 5.23. The molecule has 0 amide bonds. The Labute approximate surface area is 110 Å². The van der Waals surface area contributed by atoms with Crippen LogP contribution in [0.1, 0.15) is 19.6 Å². The number of rotatable bonds is 2. The van der Waals surface area contributed by atoms with Gasteiger partial charge in [-0.25, -0.2) is 0 Å². The predicted octanol–water partition coefficient (Wildman–Crippen LogP) is 2.17. The van der Waals surface area contributed by atoms with Gasteiger partial charge in [0.05, 0.1) is 6.26 Å².